The summed E-state index contributed by atoms with van der Waals surface area (Å²) in [4.78, 5) is 27.0. The van der Waals surface area contributed by atoms with Gasteiger partial charge in [-0.15, -0.1) is 0 Å². The summed E-state index contributed by atoms with van der Waals surface area (Å²) < 4.78 is 1.22. The fourth-order valence-electron chi connectivity index (χ4n) is 1.42. The highest BCUT2D eigenvalue weighted by Crippen LogP contribution is 2.05. The summed E-state index contributed by atoms with van der Waals surface area (Å²) in [5.74, 6) is 0.0300. The van der Waals surface area contributed by atoms with Crippen molar-refractivity contribution >= 4 is 11.7 Å². The molecule has 1 N–H and O–H groups in total. The number of carbonyl (C=O) groups is 1. The quantitative estimate of drug-likeness (QED) is 0.578. The molecule has 0 unspecified atom stereocenters. The molecule has 0 fully saturated rings. The summed E-state index contributed by atoms with van der Waals surface area (Å²) in [6, 6.07) is 1.24. The highest BCUT2D eigenvalue weighted by Gasteiger charge is 2.16. The van der Waals surface area contributed by atoms with Crippen molar-refractivity contribution in [1.29, 1.82) is 0 Å². The Labute approximate surface area is 107 Å². The zero-order chi connectivity index (χ0) is 13.8. The average molecular weight is 265 g/mol. The van der Waals surface area contributed by atoms with Gasteiger partial charge in [-0.3, -0.25) is 9.89 Å². The number of nitrogens with one attached hydrogen (secondary N) is 1. The molecule has 0 aliphatic rings. The number of aromatic amines is 1. The molecule has 2 heterocycles. The Balaban J connectivity index is 1.94. The maximum atomic E-state index is 11.9. The minimum atomic E-state index is -0.612. The molecule has 100 valence electrons. The lowest BCUT2D eigenvalue weighted by molar-refractivity contribution is -0.389. The first kappa shape index (κ1) is 12.7. The van der Waals surface area contributed by atoms with E-state index in [-0.39, 0.29) is 24.8 Å². The Hall–Kier alpha value is -2.78. The fourth-order valence-corrected chi connectivity index (χ4v) is 1.42. The number of nitro groups is 1. The zero-order valence-corrected chi connectivity index (χ0v) is 10.1. The van der Waals surface area contributed by atoms with Crippen molar-refractivity contribution in [3.8, 4) is 0 Å². The van der Waals surface area contributed by atoms with Crippen LogP contribution < -0.4 is 0 Å². The van der Waals surface area contributed by atoms with Gasteiger partial charge in [0, 0.05) is 7.05 Å². The molecule has 2 aromatic heterocycles. The number of amides is 1. The van der Waals surface area contributed by atoms with E-state index < -0.39 is 4.92 Å². The zero-order valence-electron chi connectivity index (χ0n) is 10.1. The van der Waals surface area contributed by atoms with Crippen molar-refractivity contribution in [2.45, 2.75) is 13.1 Å². The van der Waals surface area contributed by atoms with E-state index in [0.29, 0.717) is 5.82 Å². The maximum absolute atomic E-state index is 11.9. The molecule has 0 saturated heterocycles. The average Bonchev–Trinajstić information content (AvgIpc) is 2.99. The largest absolute Gasteiger partial charge is 0.389 e. The molecule has 0 spiro atoms. The van der Waals surface area contributed by atoms with Gasteiger partial charge in [0.25, 0.3) is 0 Å². The van der Waals surface area contributed by atoms with Crippen molar-refractivity contribution in [1.82, 2.24) is 29.9 Å². The van der Waals surface area contributed by atoms with Crippen LogP contribution in [-0.4, -0.2) is 47.7 Å². The highest BCUT2D eigenvalue weighted by atomic mass is 16.6. The van der Waals surface area contributed by atoms with Crippen molar-refractivity contribution < 1.29 is 9.72 Å². The summed E-state index contributed by atoms with van der Waals surface area (Å²) >= 11 is 0. The molecule has 10 nitrogen and oxygen atoms in total. The predicted molar refractivity (Wildman–Crippen MR) is 61.7 cm³/mol. The molecule has 2 aromatic rings. The van der Waals surface area contributed by atoms with Crippen LogP contribution >= 0.6 is 0 Å². The number of likely N-dealkylation sites (N-methyl/N-ethyl adjacent to an activating group) is 1. The van der Waals surface area contributed by atoms with Gasteiger partial charge in [0.1, 0.15) is 18.7 Å². The normalized spacial score (nSPS) is 10.4. The van der Waals surface area contributed by atoms with Crippen LogP contribution in [0.15, 0.2) is 18.6 Å². The lowest BCUT2D eigenvalue weighted by Gasteiger charge is -2.14. The number of aromatic nitrogens is 5. The van der Waals surface area contributed by atoms with E-state index in [2.05, 4.69) is 20.3 Å². The van der Waals surface area contributed by atoms with E-state index in [1.54, 1.807) is 7.05 Å². The minimum absolute atomic E-state index is 0.0710. The van der Waals surface area contributed by atoms with Gasteiger partial charge < -0.3 is 15.0 Å². The summed E-state index contributed by atoms with van der Waals surface area (Å²) in [5, 5.41) is 20.4. The van der Waals surface area contributed by atoms with Crippen LogP contribution in [0.25, 0.3) is 0 Å². The standard InChI is InChI=1S/C9H11N7O3/c1-14(4-7-10-6-11-12-7)9(17)5-15-3-2-8(13-15)16(18)19/h2-3,6H,4-5H2,1H3,(H,10,11,12). The molecular formula is C9H11N7O3. The Morgan fingerprint density at radius 2 is 2.42 bits per heavy atom. The van der Waals surface area contributed by atoms with Crippen molar-refractivity contribution in [3.63, 3.8) is 0 Å². The third kappa shape index (κ3) is 3.12. The van der Waals surface area contributed by atoms with Gasteiger partial charge in [0.05, 0.1) is 23.9 Å². The third-order valence-corrected chi connectivity index (χ3v) is 2.39. The first-order valence-corrected chi connectivity index (χ1v) is 5.32. The van der Waals surface area contributed by atoms with E-state index in [4.69, 9.17) is 0 Å². The van der Waals surface area contributed by atoms with Gasteiger partial charge in [0.2, 0.25) is 5.91 Å². The third-order valence-electron chi connectivity index (χ3n) is 2.39. The lowest BCUT2D eigenvalue weighted by atomic mass is 10.4. The van der Waals surface area contributed by atoms with E-state index in [9.17, 15) is 14.9 Å². The molecule has 0 aliphatic heterocycles. The summed E-state index contributed by atoms with van der Waals surface area (Å²) in [5.41, 5.74) is 0. The van der Waals surface area contributed by atoms with Crippen LogP contribution in [0.1, 0.15) is 5.82 Å². The van der Waals surface area contributed by atoms with Crippen molar-refractivity contribution in [2.75, 3.05) is 7.05 Å². The van der Waals surface area contributed by atoms with E-state index in [1.807, 2.05) is 0 Å². The number of hydrogen-bond donors (Lipinski definition) is 1. The fraction of sp³-hybridized carbons (Fsp3) is 0.333. The molecule has 0 radical (unpaired) electrons. The first-order valence-electron chi connectivity index (χ1n) is 5.32. The Morgan fingerprint density at radius 1 is 1.63 bits per heavy atom. The van der Waals surface area contributed by atoms with Crippen LogP contribution in [0.2, 0.25) is 0 Å². The number of nitrogens with zero attached hydrogens (tertiary/aromatic N) is 6. The Morgan fingerprint density at radius 3 is 3.00 bits per heavy atom. The predicted octanol–water partition coefficient (Wildman–Crippen LogP) is -0.432. The molecule has 0 atom stereocenters. The molecule has 19 heavy (non-hydrogen) atoms. The first-order chi connectivity index (χ1) is 9.06. The van der Waals surface area contributed by atoms with Gasteiger partial charge >= 0.3 is 5.82 Å². The van der Waals surface area contributed by atoms with Crippen LogP contribution in [0.5, 0.6) is 0 Å². The van der Waals surface area contributed by atoms with Gasteiger partial charge in [-0.2, -0.15) is 9.78 Å². The topological polar surface area (TPSA) is 123 Å². The van der Waals surface area contributed by atoms with Gasteiger partial charge in [0.15, 0.2) is 0 Å². The molecule has 0 aromatic carbocycles. The van der Waals surface area contributed by atoms with E-state index >= 15 is 0 Å². The van der Waals surface area contributed by atoms with E-state index in [1.165, 1.54) is 28.2 Å². The van der Waals surface area contributed by atoms with Gasteiger partial charge in [-0.05, 0) is 4.92 Å². The highest BCUT2D eigenvalue weighted by molar-refractivity contribution is 5.75. The van der Waals surface area contributed by atoms with Crippen LogP contribution in [-0.2, 0) is 17.9 Å². The van der Waals surface area contributed by atoms with E-state index in [0.717, 1.165) is 0 Å². The number of hydrogen-bond acceptors (Lipinski definition) is 6. The summed E-state index contributed by atoms with van der Waals surface area (Å²) in [6.07, 6.45) is 2.74. The SMILES string of the molecule is CN(Cc1ncn[nH]1)C(=O)Cn1ccc([N+](=O)[O-])n1. The minimum Gasteiger partial charge on any atom is -0.358 e. The van der Waals surface area contributed by atoms with Gasteiger partial charge in [-0.25, -0.2) is 4.98 Å². The molecule has 10 heteroatoms. The maximum Gasteiger partial charge on any atom is 0.389 e. The van der Waals surface area contributed by atoms with Crippen molar-refractivity contribution in [3.05, 3.63) is 34.5 Å². The molecule has 0 saturated carbocycles. The monoisotopic (exact) mass is 265 g/mol. The van der Waals surface area contributed by atoms with Crippen LogP contribution in [0.4, 0.5) is 5.82 Å². The van der Waals surface area contributed by atoms with Gasteiger partial charge in [-0.1, -0.05) is 0 Å². The molecule has 0 bridgehead atoms. The smallest absolute Gasteiger partial charge is 0.358 e. The number of carbonyl (C=O) groups excluding carboxylic acids is 1. The molecular weight excluding hydrogens is 254 g/mol. The van der Waals surface area contributed by atoms with Crippen molar-refractivity contribution in [2.24, 2.45) is 0 Å². The second-order valence-electron chi connectivity index (χ2n) is 3.81. The number of rotatable bonds is 5. The molecule has 1 amide bonds. The lowest BCUT2D eigenvalue weighted by Crippen LogP contribution is -2.30. The summed E-state index contributed by atoms with van der Waals surface area (Å²) in [6.45, 7) is 0.209. The summed E-state index contributed by atoms with van der Waals surface area (Å²) in [7, 11) is 1.60. The second-order valence-corrected chi connectivity index (χ2v) is 3.81. The second kappa shape index (κ2) is 5.25. The Bertz CT molecular complexity index is 576. The van der Waals surface area contributed by atoms with Crippen LogP contribution in [0.3, 0.4) is 0 Å². The Kier molecular flexibility index (Phi) is 3.50. The van der Waals surface area contributed by atoms with Crippen LogP contribution in [0, 0.1) is 10.1 Å². The number of H-pyrrole nitrogens is 1. The molecule has 0 aliphatic carbocycles. The molecule has 2 rings (SSSR count).